The fraction of sp³-hybridized carbons (Fsp3) is 0.719. The number of furan rings is 1. The van der Waals surface area contributed by atoms with Crippen LogP contribution in [0.25, 0.3) is 11.1 Å². The molecule has 3 aliphatic rings. The summed E-state index contributed by atoms with van der Waals surface area (Å²) in [4.78, 5) is 35.6. The highest BCUT2D eigenvalue weighted by Crippen LogP contribution is 2.44. The second-order valence-corrected chi connectivity index (χ2v) is 15.2. The second-order valence-electron chi connectivity index (χ2n) is 15.2. The number of rotatable bonds is 3. The molecule has 0 aromatic carbocycles. The summed E-state index contributed by atoms with van der Waals surface area (Å²) in [6, 6.07) is 4.04. The number of aliphatic hydroxyl groups is 1. The van der Waals surface area contributed by atoms with Crippen LogP contribution < -0.4 is 0 Å². The van der Waals surface area contributed by atoms with Crippen molar-refractivity contribution in [3.05, 3.63) is 29.2 Å². The van der Waals surface area contributed by atoms with Gasteiger partial charge < -0.3 is 19.3 Å². The molecule has 39 heavy (non-hydrogen) atoms. The van der Waals surface area contributed by atoms with E-state index < -0.39 is 11.1 Å². The van der Waals surface area contributed by atoms with E-state index in [1.165, 1.54) is 12.8 Å². The third kappa shape index (κ3) is 5.48. The average molecular weight is 538 g/mol. The summed E-state index contributed by atoms with van der Waals surface area (Å²) in [5.41, 5.74) is 2.63. The van der Waals surface area contributed by atoms with Gasteiger partial charge in [-0.2, -0.15) is 0 Å². The Hall–Kier alpha value is -2.41. The molecule has 3 heterocycles. The first-order chi connectivity index (χ1) is 18.0. The Labute approximate surface area is 233 Å². The fourth-order valence-electron chi connectivity index (χ4n) is 6.90. The minimum absolute atomic E-state index is 0.0862. The Morgan fingerprint density at radius 2 is 1.67 bits per heavy atom. The number of piperazine rings is 1. The van der Waals surface area contributed by atoms with Crippen molar-refractivity contribution in [2.24, 2.45) is 11.3 Å². The molecule has 0 unspecified atom stereocenters. The van der Waals surface area contributed by atoms with Crippen LogP contribution in [0.2, 0.25) is 0 Å². The van der Waals surface area contributed by atoms with Crippen LogP contribution >= 0.6 is 0 Å². The predicted octanol–water partition coefficient (Wildman–Crippen LogP) is 6.03. The molecule has 1 N–H and O–H groups in total. The van der Waals surface area contributed by atoms with Crippen molar-refractivity contribution in [3.63, 3.8) is 0 Å². The van der Waals surface area contributed by atoms with Gasteiger partial charge in [-0.3, -0.25) is 9.59 Å². The normalized spacial score (nSPS) is 27.5. The molecule has 0 bridgehead atoms. The number of pyridine rings is 1. The van der Waals surface area contributed by atoms with E-state index in [9.17, 15) is 14.7 Å². The largest absolute Gasteiger partial charge is 0.449 e. The van der Waals surface area contributed by atoms with Gasteiger partial charge in [-0.25, -0.2) is 4.98 Å². The first-order valence-corrected chi connectivity index (χ1v) is 14.7. The average Bonchev–Trinajstić information content (AvgIpc) is 3.24. The SMILES string of the molecule is CC1(C)CCC(c2cc(C(C)(C)C)c3oc(C(=O)N4CCN(C(=O)[C@H]5C[C@@](C)(O)C5)CC4(C)C)cc3n2)CC1. The van der Waals surface area contributed by atoms with E-state index in [4.69, 9.17) is 9.40 Å². The maximum Gasteiger partial charge on any atom is 0.290 e. The lowest BCUT2D eigenvalue weighted by Crippen LogP contribution is -2.63. The molecule has 1 saturated heterocycles. The molecule has 1 aliphatic heterocycles. The van der Waals surface area contributed by atoms with Crippen LogP contribution in [0.5, 0.6) is 0 Å². The Morgan fingerprint density at radius 1 is 1.03 bits per heavy atom. The zero-order chi connectivity index (χ0) is 28.5. The van der Waals surface area contributed by atoms with Crippen LogP contribution in [0.4, 0.5) is 0 Å². The molecular weight excluding hydrogens is 490 g/mol. The minimum Gasteiger partial charge on any atom is -0.449 e. The summed E-state index contributed by atoms with van der Waals surface area (Å²) in [6.45, 7) is 18.4. The van der Waals surface area contributed by atoms with Gasteiger partial charge >= 0.3 is 0 Å². The first-order valence-electron chi connectivity index (χ1n) is 14.7. The van der Waals surface area contributed by atoms with Gasteiger partial charge in [0, 0.05) is 48.8 Å². The third-order valence-electron chi connectivity index (χ3n) is 9.46. The quantitative estimate of drug-likeness (QED) is 0.516. The van der Waals surface area contributed by atoms with E-state index in [-0.39, 0.29) is 23.1 Å². The maximum absolute atomic E-state index is 13.8. The number of amides is 2. The summed E-state index contributed by atoms with van der Waals surface area (Å²) in [7, 11) is 0. The molecule has 2 saturated carbocycles. The molecule has 2 aromatic rings. The zero-order valence-electron chi connectivity index (χ0n) is 25.2. The van der Waals surface area contributed by atoms with E-state index in [0.29, 0.717) is 55.2 Å². The van der Waals surface area contributed by atoms with Gasteiger partial charge in [0.05, 0.1) is 11.1 Å². The third-order valence-corrected chi connectivity index (χ3v) is 9.46. The second kappa shape index (κ2) is 9.32. The van der Waals surface area contributed by atoms with Gasteiger partial charge in [0.15, 0.2) is 11.3 Å². The van der Waals surface area contributed by atoms with Crippen LogP contribution in [0.3, 0.4) is 0 Å². The van der Waals surface area contributed by atoms with Crippen molar-refractivity contribution in [2.45, 2.75) is 116 Å². The lowest BCUT2D eigenvalue weighted by molar-refractivity contribution is -0.153. The van der Waals surface area contributed by atoms with Gasteiger partial charge in [0.2, 0.25) is 5.91 Å². The molecule has 0 atom stereocenters. The van der Waals surface area contributed by atoms with Crippen LogP contribution in [0.15, 0.2) is 16.5 Å². The van der Waals surface area contributed by atoms with E-state index in [1.807, 2.05) is 29.7 Å². The standard InChI is InChI=1S/C32H47N3O4/c1-29(2,3)22-15-23(20-9-11-30(4,5)12-10-20)33-24-16-25(39-26(22)24)28(37)35-14-13-34(19-31(35,6)7)27(36)21-17-32(8,38)18-21/h15-16,20-21,38H,9-14,17-19H2,1-8H3/t21-,32+. The molecule has 3 fully saturated rings. The van der Waals surface area contributed by atoms with Crippen LogP contribution in [-0.4, -0.2) is 62.5 Å². The Kier molecular flexibility index (Phi) is 6.72. The molecule has 2 aliphatic carbocycles. The number of carbonyl (C=O) groups is 2. The highest BCUT2D eigenvalue weighted by Gasteiger charge is 2.47. The summed E-state index contributed by atoms with van der Waals surface area (Å²) in [6.07, 6.45) is 5.67. The molecular formula is C32H47N3O4. The Morgan fingerprint density at radius 3 is 2.23 bits per heavy atom. The van der Waals surface area contributed by atoms with Crippen molar-refractivity contribution in [1.29, 1.82) is 0 Å². The fourth-order valence-corrected chi connectivity index (χ4v) is 6.90. The highest BCUT2D eigenvalue weighted by molar-refractivity contribution is 5.96. The zero-order valence-corrected chi connectivity index (χ0v) is 25.2. The van der Waals surface area contributed by atoms with Gasteiger partial charge in [0.1, 0.15) is 5.52 Å². The number of hydrogen-bond acceptors (Lipinski definition) is 5. The van der Waals surface area contributed by atoms with Crippen molar-refractivity contribution in [2.75, 3.05) is 19.6 Å². The molecule has 5 rings (SSSR count). The number of hydrogen-bond donors (Lipinski definition) is 1. The van der Waals surface area contributed by atoms with Crippen LogP contribution in [0, 0.1) is 11.3 Å². The first kappa shape index (κ1) is 28.1. The van der Waals surface area contributed by atoms with E-state index >= 15 is 0 Å². The monoisotopic (exact) mass is 537 g/mol. The lowest BCUT2D eigenvalue weighted by atomic mass is 9.71. The summed E-state index contributed by atoms with van der Waals surface area (Å²) >= 11 is 0. The molecule has 0 radical (unpaired) electrons. The van der Waals surface area contributed by atoms with E-state index in [2.05, 4.69) is 40.7 Å². The number of fused-ring (bicyclic) bond motifs is 1. The van der Waals surface area contributed by atoms with Gasteiger partial charge in [-0.05, 0) is 76.2 Å². The minimum atomic E-state index is -0.734. The van der Waals surface area contributed by atoms with Crippen LogP contribution in [0.1, 0.15) is 122 Å². The molecule has 214 valence electrons. The topological polar surface area (TPSA) is 86.9 Å². The summed E-state index contributed by atoms with van der Waals surface area (Å²) < 4.78 is 6.31. The number of aromatic nitrogens is 1. The lowest BCUT2D eigenvalue weighted by Gasteiger charge is -2.49. The van der Waals surface area contributed by atoms with Gasteiger partial charge in [0.25, 0.3) is 5.91 Å². The van der Waals surface area contributed by atoms with Crippen molar-refractivity contribution in [3.8, 4) is 0 Å². The molecule has 2 amide bonds. The molecule has 7 heteroatoms. The maximum atomic E-state index is 13.8. The summed E-state index contributed by atoms with van der Waals surface area (Å²) in [5.74, 6) is 0.551. The van der Waals surface area contributed by atoms with Crippen molar-refractivity contribution >= 4 is 22.9 Å². The predicted molar refractivity (Wildman–Crippen MR) is 153 cm³/mol. The van der Waals surface area contributed by atoms with E-state index in [1.54, 1.807) is 6.92 Å². The van der Waals surface area contributed by atoms with Gasteiger partial charge in [-0.15, -0.1) is 0 Å². The number of nitrogens with zero attached hydrogens (tertiary/aromatic N) is 3. The van der Waals surface area contributed by atoms with E-state index in [0.717, 1.165) is 29.6 Å². The molecule has 7 nitrogen and oxygen atoms in total. The Bertz CT molecular complexity index is 1260. The highest BCUT2D eigenvalue weighted by atomic mass is 16.3. The molecule has 0 spiro atoms. The van der Waals surface area contributed by atoms with Crippen molar-refractivity contribution in [1.82, 2.24) is 14.8 Å². The van der Waals surface area contributed by atoms with Gasteiger partial charge in [-0.1, -0.05) is 34.6 Å². The Balaban J connectivity index is 1.38. The smallest absolute Gasteiger partial charge is 0.290 e. The summed E-state index contributed by atoms with van der Waals surface area (Å²) in [5, 5.41) is 10.1. The van der Waals surface area contributed by atoms with Crippen LogP contribution in [-0.2, 0) is 10.2 Å². The van der Waals surface area contributed by atoms with Crippen molar-refractivity contribution < 1.29 is 19.1 Å². The molecule has 2 aromatic heterocycles. The number of carbonyl (C=O) groups excluding carboxylic acids is 2.